The summed E-state index contributed by atoms with van der Waals surface area (Å²) in [6, 6.07) is 1.89. The van der Waals surface area contributed by atoms with E-state index < -0.39 is 0 Å². The first kappa shape index (κ1) is 12.7. The van der Waals surface area contributed by atoms with Gasteiger partial charge in [0.05, 0.1) is 22.5 Å². The van der Waals surface area contributed by atoms with E-state index in [1.165, 1.54) is 11.5 Å². The summed E-state index contributed by atoms with van der Waals surface area (Å²) in [6.07, 6.45) is 3.41. The molecule has 0 bridgehead atoms. The highest BCUT2D eigenvalue weighted by Gasteiger charge is 2.29. The van der Waals surface area contributed by atoms with Crippen LogP contribution in [0.5, 0.6) is 0 Å². The van der Waals surface area contributed by atoms with Crippen LogP contribution in [0.3, 0.4) is 0 Å². The van der Waals surface area contributed by atoms with Gasteiger partial charge in [-0.2, -0.15) is 9.47 Å². The van der Waals surface area contributed by atoms with Crippen molar-refractivity contribution >= 4 is 39.3 Å². The summed E-state index contributed by atoms with van der Waals surface area (Å²) in [5, 5.41) is 7.77. The largest absolute Gasteiger partial charge is 0.346 e. The Labute approximate surface area is 128 Å². The lowest BCUT2D eigenvalue weighted by Crippen LogP contribution is -2.42. The van der Waals surface area contributed by atoms with E-state index in [1.807, 2.05) is 13.0 Å². The predicted molar refractivity (Wildman–Crippen MR) is 80.6 cm³/mol. The Bertz CT molecular complexity index is 871. The fourth-order valence-electron chi connectivity index (χ4n) is 2.53. The van der Waals surface area contributed by atoms with E-state index >= 15 is 0 Å². The molecule has 8 heteroatoms. The molecule has 3 aromatic heterocycles. The lowest BCUT2D eigenvalue weighted by Gasteiger charge is -2.20. The number of nitrogens with one attached hydrogen (secondary N) is 1. The molecule has 0 fully saturated rings. The van der Waals surface area contributed by atoms with Crippen LogP contribution < -0.4 is 5.32 Å². The summed E-state index contributed by atoms with van der Waals surface area (Å²) in [7, 11) is 0. The van der Waals surface area contributed by atoms with Crippen molar-refractivity contribution in [1.29, 1.82) is 0 Å². The van der Waals surface area contributed by atoms with Gasteiger partial charge in [-0.15, -0.1) is 0 Å². The van der Waals surface area contributed by atoms with Crippen molar-refractivity contribution in [2.75, 3.05) is 0 Å². The van der Waals surface area contributed by atoms with Gasteiger partial charge in [0.2, 0.25) is 0 Å². The van der Waals surface area contributed by atoms with Crippen molar-refractivity contribution in [3.63, 3.8) is 0 Å². The summed E-state index contributed by atoms with van der Waals surface area (Å²) in [5.41, 5.74) is 2.68. The number of hydrogen-bond acceptors (Lipinski definition) is 5. The molecule has 6 nitrogen and oxygen atoms in total. The Morgan fingerprint density at radius 1 is 1.52 bits per heavy atom. The molecule has 0 aliphatic carbocycles. The summed E-state index contributed by atoms with van der Waals surface area (Å²) in [5.74, 6) is -0.188. The Kier molecular flexibility index (Phi) is 2.73. The topological polar surface area (TPSA) is 72.7 Å². The first-order chi connectivity index (χ1) is 10.1. The van der Waals surface area contributed by atoms with Crippen LogP contribution >= 0.6 is 23.1 Å². The van der Waals surface area contributed by atoms with Crippen molar-refractivity contribution in [2.24, 2.45) is 0 Å². The van der Waals surface area contributed by atoms with Gasteiger partial charge >= 0.3 is 0 Å². The fraction of sp³-hybridized carbons (Fsp3) is 0.231. The van der Waals surface area contributed by atoms with E-state index in [-0.39, 0.29) is 11.9 Å². The van der Waals surface area contributed by atoms with Gasteiger partial charge in [-0.25, -0.2) is 0 Å². The third kappa shape index (κ3) is 1.85. The number of pyridine rings is 1. The zero-order valence-corrected chi connectivity index (χ0v) is 12.6. The van der Waals surface area contributed by atoms with E-state index in [0.29, 0.717) is 23.0 Å². The van der Waals surface area contributed by atoms with Gasteiger partial charge in [-0.1, -0.05) is 11.6 Å². The second-order valence-corrected chi connectivity index (χ2v) is 6.15. The molecule has 0 spiro atoms. The van der Waals surface area contributed by atoms with Crippen LogP contribution in [0.4, 0.5) is 0 Å². The predicted octanol–water partition coefficient (Wildman–Crippen LogP) is 2.34. The highest BCUT2D eigenvalue weighted by atomic mass is 35.5. The zero-order valence-electron chi connectivity index (χ0n) is 11.0. The van der Waals surface area contributed by atoms with Crippen LogP contribution in [0.2, 0.25) is 5.02 Å². The molecule has 1 aliphatic heterocycles. The Balaban J connectivity index is 1.96. The molecule has 1 atom stereocenters. The van der Waals surface area contributed by atoms with E-state index in [4.69, 9.17) is 11.6 Å². The van der Waals surface area contributed by atoms with Gasteiger partial charge < -0.3 is 5.32 Å². The maximum absolute atomic E-state index is 12.1. The maximum Gasteiger partial charge on any atom is 0.271 e. The Hall–Kier alpha value is -1.99. The van der Waals surface area contributed by atoms with Crippen molar-refractivity contribution < 1.29 is 4.79 Å². The van der Waals surface area contributed by atoms with Crippen molar-refractivity contribution in [1.82, 2.24) is 24.5 Å². The first-order valence-corrected chi connectivity index (χ1v) is 7.57. The SMILES string of the molecule is CC1Cn2nc(-c3ccnc4cnsc34)c(Cl)c2C(=O)N1. The molecule has 4 heterocycles. The monoisotopic (exact) mass is 319 g/mol. The number of carbonyl (C=O) groups is 1. The lowest BCUT2D eigenvalue weighted by molar-refractivity contribution is 0.0901. The second-order valence-electron chi connectivity index (χ2n) is 4.97. The third-order valence-electron chi connectivity index (χ3n) is 3.44. The van der Waals surface area contributed by atoms with Gasteiger partial charge in [0, 0.05) is 17.8 Å². The molecule has 0 radical (unpaired) electrons. The highest BCUT2D eigenvalue weighted by molar-refractivity contribution is 7.13. The zero-order chi connectivity index (χ0) is 14.6. The van der Waals surface area contributed by atoms with E-state index in [0.717, 1.165) is 15.8 Å². The minimum atomic E-state index is -0.188. The molecule has 1 N–H and O–H groups in total. The Morgan fingerprint density at radius 3 is 3.24 bits per heavy atom. The Morgan fingerprint density at radius 2 is 2.38 bits per heavy atom. The summed E-state index contributed by atoms with van der Waals surface area (Å²) in [6.45, 7) is 2.54. The number of amides is 1. The molecule has 106 valence electrons. The van der Waals surface area contributed by atoms with Crippen LogP contribution in [0.1, 0.15) is 17.4 Å². The molecule has 21 heavy (non-hydrogen) atoms. The average Bonchev–Trinajstić information content (AvgIpc) is 3.03. The van der Waals surface area contributed by atoms with Crippen molar-refractivity contribution in [2.45, 2.75) is 19.5 Å². The normalized spacial score (nSPS) is 17.8. The van der Waals surface area contributed by atoms with Crippen molar-refractivity contribution in [3.05, 3.63) is 29.2 Å². The molecule has 3 aromatic rings. The minimum absolute atomic E-state index is 0.0367. The summed E-state index contributed by atoms with van der Waals surface area (Å²) >= 11 is 7.75. The number of hydrogen-bond donors (Lipinski definition) is 1. The minimum Gasteiger partial charge on any atom is -0.346 e. The second kappa shape index (κ2) is 4.51. The van der Waals surface area contributed by atoms with E-state index in [2.05, 4.69) is 19.8 Å². The molecular weight excluding hydrogens is 310 g/mol. The number of halogens is 1. The van der Waals surface area contributed by atoms with Crippen molar-refractivity contribution in [3.8, 4) is 11.3 Å². The number of rotatable bonds is 1. The van der Waals surface area contributed by atoms with Crippen LogP contribution in [0.15, 0.2) is 18.5 Å². The molecule has 0 aromatic carbocycles. The third-order valence-corrected chi connectivity index (χ3v) is 4.62. The summed E-state index contributed by atoms with van der Waals surface area (Å²) in [4.78, 5) is 16.4. The van der Waals surface area contributed by atoms with Crippen LogP contribution in [-0.2, 0) is 6.54 Å². The molecular formula is C13H10ClN5OS. The van der Waals surface area contributed by atoms with Crippen LogP contribution in [0.25, 0.3) is 21.5 Å². The van der Waals surface area contributed by atoms with Gasteiger partial charge in [0.1, 0.15) is 16.9 Å². The number of nitrogens with zero attached hydrogens (tertiary/aromatic N) is 4. The quantitative estimate of drug-likeness (QED) is 0.747. The van der Waals surface area contributed by atoms with Gasteiger partial charge in [0.15, 0.2) is 0 Å². The smallest absolute Gasteiger partial charge is 0.271 e. The number of aromatic nitrogens is 4. The molecule has 0 saturated carbocycles. The number of fused-ring (bicyclic) bond motifs is 2. The standard InChI is InChI=1S/C13H10ClN5OS/c1-6-5-19-11(13(20)17-6)9(14)10(18-19)7-2-3-15-8-4-16-21-12(7)8/h2-4,6H,5H2,1H3,(H,17,20). The molecule has 0 saturated heterocycles. The molecule has 1 unspecified atom stereocenters. The van der Waals surface area contributed by atoms with E-state index in [9.17, 15) is 4.79 Å². The number of carbonyl (C=O) groups excluding carboxylic acids is 1. The average molecular weight is 320 g/mol. The molecule has 1 aliphatic rings. The first-order valence-electron chi connectivity index (χ1n) is 6.42. The molecule has 1 amide bonds. The van der Waals surface area contributed by atoms with Crippen LogP contribution in [0, 0.1) is 0 Å². The van der Waals surface area contributed by atoms with Gasteiger partial charge in [-0.05, 0) is 24.5 Å². The maximum atomic E-state index is 12.1. The fourth-order valence-corrected chi connectivity index (χ4v) is 3.57. The van der Waals surface area contributed by atoms with Gasteiger partial charge in [0.25, 0.3) is 5.91 Å². The summed E-state index contributed by atoms with van der Waals surface area (Å²) < 4.78 is 6.74. The van der Waals surface area contributed by atoms with Gasteiger partial charge in [-0.3, -0.25) is 14.5 Å². The van der Waals surface area contributed by atoms with Crippen LogP contribution in [-0.4, -0.2) is 31.1 Å². The highest BCUT2D eigenvalue weighted by Crippen LogP contribution is 2.36. The molecule has 4 rings (SSSR count). The lowest BCUT2D eigenvalue weighted by atomic mass is 10.1. The van der Waals surface area contributed by atoms with E-state index in [1.54, 1.807) is 17.1 Å².